The standard InChI is InChI=1S/C25H38F2/c1-3-5-22-16-17-23(25(27)24(22)26)15-10-19-8-13-21(14-9-19)20-11-6-18(4-2)7-12-20/h16-21H,3-15H2,1-2H3. The monoisotopic (exact) mass is 376 g/mol. The third kappa shape index (κ3) is 5.33. The van der Waals surface area contributed by atoms with Gasteiger partial charge in [-0.15, -0.1) is 0 Å². The lowest BCUT2D eigenvalue weighted by atomic mass is 9.68. The van der Waals surface area contributed by atoms with Crippen molar-refractivity contribution >= 4 is 0 Å². The summed E-state index contributed by atoms with van der Waals surface area (Å²) < 4.78 is 28.5. The van der Waals surface area contributed by atoms with Gasteiger partial charge < -0.3 is 0 Å². The van der Waals surface area contributed by atoms with Crippen LogP contribution in [0.15, 0.2) is 12.1 Å². The van der Waals surface area contributed by atoms with Crippen molar-refractivity contribution < 1.29 is 8.78 Å². The van der Waals surface area contributed by atoms with Crippen molar-refractivity contribution in [1.29, 1.82) is 0 Å². The average Bonchev–Trinajstić information content (AvgIpc) is 2.71. The highest BCUT2D eigenvalue weighted by atomic mass is 19.2. The highest BCUT2D eigenvalue weighted by Crippen LogP contribution is 2.42. The summed E-state index contributed by atoms with van der Waals surface area (Å²) in [7, 11) is 0. The molecule has 0 nitrogen and oxygen atoms in total. The Morgan fingerprint density at radius 2 is 1.19 bits per heavy atom. The van der Waals surface area contributed by atoms with Gasteiger partial charge in [-0.2, -0.15) is 0 Å². The molecule has 0 radical (unpaired) electrons. The maximum Gasteiger partial charge on any atom is 0.162 e. The minimum absolute atomic E-state index is 0.525. The van der Waals surface area contributed by atoms with Gasteiger partial charge in [-0.3, -0.25) is 0 Å². The molecule has 0 bridgehead atoms. The Hall–Kier alpha value is -0.920. The number of hydrogen-bond acceptors (Lipinski definition) is 0. The van der Waals surface area contributed by atoms with Crippen molar-refractivity contribution in [2.45, 2.75) is 97.3 Å². The van der Waals surface area contributed by atoms with E-state index in [-0.39, 0.29) is 0 Å². The van der Waals surface area contributed by atoms with Crippen LogP contribution >= 0.6 is 0 Å². The molecule has 0 N–H and O–H groups in total. The van der Waals surface area contributed by atoms with Gasteiger partial charge in [0, 0.05) is 0 Å². The average molecular weight is 377 g/mol. The number of benzene rings is 1. The zero-order valence-corrected chi connectivity index (χ0v) is 17.4. The fourth-order valence-electron chi connectivity index (χ4n) is 5.66. The summed E-state index contributed by atoms with van der Waals surface area (Å²) in [6, 6.07) is 3.61. The van der Waals surface area contributed by atoms with E-state index < -0.39 is 11.6 Å². The molecule has 2 heteroatoms. The van der Waals surface area contributed by atoms with Gasteiger partial charge >= 0.3 is 0 Å². The highest BCUT2D eigenvalue weighted by molar-refractivity contribution is 5.26. The Bertz CT molecular complexity index is 578. The lowest BCUT2D eigenvalue weighted by Crippen LogP contribution is -2.26. The van der Waals surface area contributed by atoms with E-state index in [2.05, 4.69) is 6.92 Å². The van der Waals surface area contributed by atoms with Crippen LogP contribution in [0.1, 0.15) is 95.6 Å². The molecule has 0 atom stereocenters. The third-order valence-corrected chi connectivity index (χ3v) is 7.61. The first-order valence-corrected chi connectivity index (χ1v) is 11.6. The van der Waals surface area contributed by atoms with Gasteiger partial charge in [0.15, 0.2) is 11.6 Å². The van der Waals surface area contributed by atoms with Gasteiger partial charge in [0.1, 0.15) is 0 Å². The quantitative estimate of drug-likeness (QED) is 0.454. The smallest absolute Gasteiger partial charge is 0.162 e. The molecule has 152 valence electrons. The maximum absolute atomic E-state index is 14.3. The van der Waals surface area contributed by atoms with E-state index in [1.807, 2.05) is 13.0 Å². The molecule has 0 heterocycles. The minimum Gasteiger partial charge on any atom is -0.203 e. The van der Waals surface area contributed by atoms with Crippen molar-refractivity contribution in [2.75, 3.05) is 0 Å². The van der Waals surface area contributed by atoms with Crippen molar-refractivity contribution in [3.05, 3.63) is 34.9 Å². The molecular weight excluding hydrogens is 338 g/mol. The largest absolute Gasteiger partial charge is 0.203 e. The fourth-order valence-corrected chi connectivity index (χ4v) is 5.66. The summed E-state index contributed by atoms with van der Waals surface area (Å²) in [5.74, 6) is 2.37. The molecule has 0 spiro atoms. The second-order valence-electron chi connectivity index (χ2n) is 9.27. The summed E-state index contributed by atoms with van der Waals surface area (Å²) in [5, 5.41) is 0. The molecule has 0 aromatic heterocycles. The summed E-state index contributed by atoms with van der Waals surface area (Å²) in [6.45, 7) is 4.33. The Morgan fingerprint density at radius 3 is 1.67 bits per heavy atom. The summed E-state index contributed by atoms with van der Waals surface area (Å²) in [6.07, 6.45) is 15.6. The molecule has 1 aromatic carbocycles. The van der Waals surface area contributed by atoms with E-state index in [0.29, 0.717) is 29.9 Å². The van der Waals surface area contributed by atoms with Crippen LogP contribution in [-0.2, 0) is 12.8 Å². The lowest BCUT2D eigenvalue weighted by Gasteiger charge is -2.37. The summed E-state index contributed by atoms with van der Waals surface area (Å²) >= 11 is 0. The zero-order chi connectivity index (χ0) is 19.2. The topological polar surface area (TPSA) is 0 Å². The first kappa shape index (κ1) is 20.8. The zero-order valence-electron chi connectivity index (χ0n) is 17.4. The Labute approximate surface area is 165 Å². The summed E-state index contributed by atoms with van der Waals surface area (Å²) in [4.78, 5) is 0. The molecule has 0 unspecified atom stereocenters. The van der Waals surface area contributed by atoms with Gasteiger partial charge in [0.05, 0.1) is 0 Å². The van der Waals surface area contributed by atoms with Gasteiger partial charge in [-0.25, -0.2) is 8.78 Å². The number of rotatable bonds is 7. The molecule has 2 saturated carbocycles. The SMILES string of the molecule is CCCc1ccc(CCC2CCC(C3CCC(CC)CC3)CC2)c(F)c1F. The van der Waals surface area contributed by atoms with Crippen LogP contribution in [0.25, 0.3) is 0 Å². The molecule has 27 heavy (non-hydrogen) atoms. The van der Waals surface area contributed by atoms with Crippen molar-refractivity contribution in [1.82, 2.24) is 0 Å². The molecule has 2 fully saturated rings. The molecule has 0 aliphatic heterocycles. The molecular formula is C25H38F2. The number of aryl methyl sites for hydroxylation is 2. The predicted molar refractivity (Wildman–Crippen MR) is 110 cm³/mol. The second kappa shape index (κ2) is 10.0. The molecule has 3 rings (SSSR count). The number of halogens is 2. The first-order chi connectivity index (χ1) is 13.1. The minimum atomic E-state index is -0.610. The molecule has 0 saturated heterocycles. The van der Waals surface area contributed by atoms with Crippen LogP contribution < -0.4 is 0 Å². The van der Waals surface area contributed by atoms with E-state index in [0.717, 1.165) is 30.6 Å². The highest BCUT2D eigenvalue weighted by Gasteiger charge is 2.30. The van der Waals surface area contributed by atoms with E-state index in [9.17, 15) is 8.78 Å². The Morgan fingerprint density at radius 1 is 0.704 bits per heavy atom. The van der Waals surface area contributed by atoms with Crippen molar-refractivity contribution in [2.24, 2.45) is 23.7 Å². The van der Waals surface area contributed by atoms with Gasteiger partial charge in [0.25, 0.3) is 0 Å². The maximum atomic E-state index is 14.3. The summed E-state index contributed by atoms with van der Waals surface area (Å²) in [5.41, 5.74) is 1.10. The second-order valence-corrected chi connectivity index (χ2v) is 9.27. The van der Waals surface area contributed by atoms with Gasteiger partial charge in [-0.05, 0) is 79.7 Å². The van der Waals surface area contributed by atoms with E-state index in [4.69, 9.17) is 0 Å². The van der Waals surface area contributed by atoms with Crippen molar-refractivity contribution in [3.8, 4) is 0 Å². The molecule has 2 aliphatic carbocycles. The van der Waals surface area contributed by atoms with Crippen LogP contribution in [0.3, 0.4) is 0 Å². The van der Waals surface area contributed by atoms with Crippen LogP contribution in [-0.4, -0.2) is 0 Å². The normalized spacial score (nSPS) is 29.0. The fraction of sp³-hybridized carbons (Fsp3) is 0.760. The van der Waals surface area contributed by atoms with Gasteiger partial charge in [-0.1, -0.05) is 64.5 Å². The van der Waals surface area contributed by atoms with Crippen LogP contribution in [0.5, 0.6) is 0 Å². The van der Waals surface area contributed by atoms with Gasteiger partial charge in [0.2, 0.25) is 0 Å². The van der Waals surface area contributed by atoms with Crippen molar-refractivity contribution in [3.63, 3.8) is 0 Å². The number of hydrogen-bond donors (Lipinski definition) is 0. The Balaban J connectivity index is 1.44. The lowest BCUT2D eigenvalue weighted by molar-refractivity contribution is 0.142. The van der Waals surface area contributed by atoms with Crippen LogP contribution in [0, 0.1) is 35.3 Å². The van der Waals surface area contributed by atoms with E-state index >= 15 is 0 Å². The third-order valence-electron chi connectivity index (χ3n) is 7.61. The van der Waals surface area contributed by atoms with E-state index in [1.54, 1.807) is 6.07 Å². The van der Waals surface area contributed by atoms with Crippen LogP contribution in [0.4, 0.5) is 8.78 Å². The molecule has 2 aliphatic rings. The predicted octanol–water partition coefficient (Wildman–Crippen LogP) is 7.87. The van der Waals surface area contributed by atoms with E-state index in [1.165, 1.54) is 57.8 Å². The Kier molecular flexibility index (Phi) is 7.73. The first-order valence-electron chi connectivity index (χ1n) is 11.6. The molecule has 0 amide bonds. The van der Waals surface area contributed by atoms with Crippen LogP contribution in [0.2, 0.25) is 0 Å². The molecule has 1 aromatic rings.